The smallest absolute Gasteiger partial charge is 0.169 e. The Balaban J connectivity index is 1.78. The van der Waals surface area contributed by atoms with Crippen molar-refractivity contribution < 1.29 is 0 Å². The summed E-state index contributed by atoms with van der Waals surface area (Å²) < 4.78 is 2.23. The van der Waals surface area contributed by atoms with Gasteiger partial charge in [-0.25, -0.2) is 0 Å². The van der Waals surface area contributed by atoms with Crippen LogP contribution in [-0.4, -0.2) is 26.6 Å². The molecule has 2 aromatic heterocycles. The van der Waals surface area contributed by atoms with E-state index in [1.54, 1.807) is 0 Å². The van der Waals surface area contributed by atoms with E-state index in [4.69, 9.17) is 12.2 Å². The molecule has 1 aliphatic heterocycles. The lowest BCUT2D eigenvalue weighted by Gasteiger charge is -2.25. The fourth-order valence-corrected chi connectivity index (χ4v) is 3.64. The molecule has 1 fully saturated rings. The van der Waals surface area contributed by atoms with Gasteiger partial charge in [-0.05, 0) is 55.5 Å². The van der Waals surface area contributed by atoms with Crippen molar-refractivity contribution in [1.29, 1.82) is 0 Å². The fraction of sp³-hybridized carbons (Fsp3) is 0.200. The minimum atomic E-state index is 0.0257. The van der Waals surface area contributed by atoms with Gasteiger partial charge in [0.1, 0.15) is 0 Å². The minimum Gasteiger partial charge on any atom is -0.352 e. The molecule has 1 aromatic carbocycles. The van der Waals surface area contributed by atoms with E-state index in [2.05, 4.69) is 69.3 Å². The summed E-state index contributed by atoms with van der Waals surface area (Å²) >= 11 is 5.52. The van der Waals surface area contributed by atoms with Crippen molar-refractivity contribution in [3.8, 4) is 5.69 Å². The molecule has 1 aliphatic rings. The van der Waals surface area contributed by atoms with Gasteiger partial charge in [0.15, 0.2) is 5.11 Å². The molecule has 126 valence electrons. The van der Waals surface area contributed by atoms with Crippen LogP contribution in [0.3, 0.4) is 0 Å². The summed E-state index contributed by atoms with van der Waals surface area (Å²) in [5.74, 6) is 0. The van der Waals surface area contributed by atoms with Crippen molar-refractivity contribution in [2.24, 2.45) is 0 Å². The number of aromatic nitrogens is 2. The van der Waals surface area contributed by atoms with Crippen LogP contribution in [0, 0.1) is 6.92 Å². The van der Waals surface area contributed by atoms with Gasteiger partial charge in [0.2, 0.25) is 0 Å². The van der Waals surface area contributed by atoms with E-state index in [0.29, 0.717) is 0 Å². The highest BCUT2D eigenvalue weighted by molar-refractivity contribution is 7.80. The lowest BCUT2D eigenvalue weighted by atomic mass is 10.0. The van der Waals surface area contributed by atoms with Crippen LogP contribution >= 0.6 is 12.2 Å². The first kappa shape index (κ1) is 15.8. The van der Waals surface area contributed by atoms with Crippen LogP contribution in [0.15, 0.2) is 67.0 Å². The highest BCUT2D eigenvalue weighted by Gasteiger charge is 2.39. The maximum absolute atomic E-state index is 5.52. The number of nitrogens with one attached hydrogen (secondary N) is 1. The molecule has 0 spiro atoms. The quantitative estimate of drug-likeness (QED) is 0.730. The zero-order valence-corrected chi connectivity index (χ0v) is 15.1. The Morgan fingerprint density at radius 3 is 2.56 bits per heavy atom. The van der Waals surface area contributed by atoms with Crippen LogP contribution in [0.4, 0.5) is 0 Å². The van der Waals surface area contributed by atoms with Crippen LogP contribution in [0.5, 0.6) is 0 Å². The number of pyridine rings is 1. The fourth-order valence-electron chi connectivity index (χ4n) is 3.40. The summed E-state index contributed by atoms with van der Waals surface area (Å²) in [5, 5.41) is 4.18. The molecule has 3 aromatic rings. The summed E-state index contributed by atoms with van der Waals surface area (Å²) in [6.45, 7) is 2.10. The topological polar surface area (TPSA) is 33.1 Å². The van der Waals surface area contributed by atoms with Crippen LogP contribution in [0.25, 0.3) is 5.69 Å². The van der Waals surface area contributed by atoms with E-state index in [1.807, 2.05) is 31.4 Å². The van der Waals surface area contributed by atoms with Crippen molar-refractivity contribution in [3.63, 3.8) is 0 Å². The zero-order valence-electron chi connectivity index (χ0n) is 14.3. The molecule has 3 heterocycles. The lowest BCUT2D eigenvalue weighted by Crippen LogP contribution is -2.25. The lowest BCUT2D eigenvalue weighted by molar-refractivity contribution is 0.357. The van der Waals surface area contributed by atoms with E-state index >= 15 is 0 Å². The number of thiocarbonyl (C=S) groups is 1. The molecule has 25 heavy (non-hydrogen) atoms. The van der Waals surface area contributed by atoms with Crippen molar-refractivity contribution in [3.05, 3.63) is 83.9 Å². The number of hydrogen-bond acceptors (Lipinski definition) is 2. The van der Waals surface area contributed by atoms with Crippen LogP contribution < -0.4 is 5.32 Å². The van der Waals surface area contributed by atoms with Crippen LogP contribution in [0.1, 0.15) is 29.0 Å². The summed E-state index contributed by atoms with van der Waals surface area (Å²) in [5.41, 5.74) is 4.59. The first-order chi connectivity index (χ1) is 12.1. The Bertz CT molecular complexity index is 886. The molecule has 1 N–H and O–H groups in total. The normalized spacial score (nSPS) is 19.9. The molecule has 0 aliphatic carbocycles. The largest absolute Gasteiger partial charge is 0.352 e. The predicted octanol–water partition coefficient (Wildman–Crippen LogP) is 3.78. The van der Waals surface area contributed by atoms with Gasteiger partial charge in [0.25, 0.3) is 0 Å². The second-order valence-electron chi connectivity index (χ2n) is 6.38. The van der Waals surface area contributed by atoms with Gasteiger partial charge in [-0.1, -0.05) is 23.8 Å². The average Bonchev–Trinajstić information content (AvgIpc) is 3.22. The third-order valence-corrected chi connectivity index (χ3v) is 5.14. The molecular weight excluding hydrogens is 328 g/mol. The van der Waals surface area contributed by atoms with E-state index in [1.165, 1.54) is 11.3 Å². The minimum absolute atomic E-state index is 0.0257. The summed E-state index contributed by atoms with van der Waals surface area (Å²) in [6.07, 6.45) is 3.93. The van der Waals surface area contributed by atoms with Crippen LogP contribution in [0.2, 0.25) is 0 Å². The van der Waals surface area contributed by atoms with Crippen molar-refractivity contribution in [2.75, 3.05) is 7.05 Å². The number of aryl methyl sites for hydroxylation is 1. The number of hydrogen-bond donors (Lipinski definition) is 1. The molecule has 0 amide bonds. The highest BCUT2D eigenvalue weighted by Crippen LogP contribution is 2.38. The second kappa shape index (κ2) is 6.33. The SMILES string of the molecule is Cc1ccc(-n2cccc2C2C(c3ccccn3)NC(=S)N2C)cc1. The molecule has 2 atom stereocenters. The second-order valence-corrected chi connectivity index (χ2v) is 6.76. The monoisotopic (exact) mass is 348 g/mol. The molecule has 2 unspecified atom stereocenters. The summed E-state index contributed by atoms with van der Waals surface area (Å²) in [7, 11) is 2.04. The molecule has 0 radical (unpaired) electrons. The molecular formula is C20H20N4S. The summed E-state index contributed by atoms with van der Waals surface area (Å²) in [6, 6.07) is 18.9. The van der Waals surface area contributed by atoms with Gasteiger partial charge >= 0.3 is 0 Å². The van der Waals surface area contributed by atoms with E-state index in [-0.39, 0.29) is 12.1 Å². The summed E-state index contributed by atoms with van der Waals surface area (Å²) in [4.78, 5) is 6.67. The third kappa shape index (κ3) is 2.81. The van der Waals surface area contributed by atoms with Crippen molar-refractivity contribution in [2.45, 2.75) is 19.0 Å². The molecule has 4 rings (SSSR count). The maximum atomic E-state index is 5.52. The zero-order chi connectivity index (χ0) is 17.4. The van der Waals surface area contributed by atoms with Crippen LogP contribution in [-0.2, 0) is 0 Å². The van der Waals surface area contributed by atoms with Crippen molar-refractivity contribution >= 4 is 17.3 Å². The standard InChI is InChI=1S/C20H20N4S/c1-14-8-10-15(11-9-14)24-13-5-7-17(24)19-18(22-20(25)23(19)2)16-6-3-4-12-21-16/h3-13,18-19H,1-2H3,(H,22,25). The van der Waals surface area contributed by atoms with Gasteiger partial charge in [-0.15, -0.1) is 0 Å². The van der Waals surface area contributed by atoms with Gasteiger partial charge in [0.05, 0.1) is 17.8 Å². The van der Waals surface area contributed by atoms with Gasteiger partial charge in [0, 0.05) is 30.8 Å². The van der Waals surface area contributed by atoms with E-state index in [9.17, 15) is 0 Å². The first-order valence-corrected chi connectivity index (χ1v) is 8.74. The number of rotatable bonds is 3. The Hall–Kier alpha value is -2.66. The molecule has 0 saturated carbocycles. The number of likely N-dealkylation sites (N-methyl/N-ethyl adjacent to an activating group) is 1. The Kier molecular flexibility index (Phi) is 4.01. The molecule has 5 heteroatoms. The molecule has 1 saturated heterocycles. The van der Waals surface area contributed by atoms with Crippen molar-refractivity contribution in [1.82, 2.24) is 19.8 Å². The Morgan fingerprint density at radius 1 is 1.04 bits per heavy atom. The first-order valence-electron chi connectivity index (χ1n) is 8.34. The Morgan fingerprint density at radius 2 is 1.84 bits per heavy atom. The average molecular weight is 348 g/mol. The predicted molar refractivity (Wildman–Crippen MR) is 104 cm³/mol. The van der Waals surface area contributed by atoms with Gasteiger partial charge < -0.3 is 14.8 Å². The van der Waals surface area contributed by atoms with Gasteiger partial charge in [-0.3, -0.25) is 4.98 Å². The third-order valence-electron chi connectivity index (χ3n) is 4.73. The molecule has 0 bridgehead atoms. The van der Waals surface area contributed by atoms with E-state index in [0.717, 1.165) is 16.5 Å². The maximum Gasteiger partial charge on any atom is 0.169 e. The van der Waals surface area contributed by atoms with E-state index < -0.39 is 0 Å². The highest BCUT2D eigenvalue weighted by atomic mass is 32.1. The Labute approximate surface area is 153 Å². The van der Waals surface area contributed by atoms with Gasteiger partial charge in [-0.2, -0.15) is 0 Å². The number of benzene rings is 1. The number of nitrogens with zero attached hydrogens (tertiary/aromatic N) is 3. The molecule has 4 nitrogen and oxygen atoms in total.